The number of halogens is 1. The average Bonchev–Trinajstić information content (AvgIpc) is 3.10. The minimum absolute atomic E-state index is 0.268. The van der Waals surface area contributed by atoms with Crippen LogP contribution in [0.2, 0.25) is 0 Å². The Labute approximate surface area is 157 Å². The molecule has 0 unspecified atom stereocenters. The van der Waals surface area contributed by atoms with Crippen molar-refractivity contribution >= 4 is 33.3 Å². The third-order valence-electron chi connectivity index (χ3n) is 3.90. The van der Waals surface area contributed by atoms with Crippen LogP contribution < -0.4 is 11.4 Å². The van der Waals surface area contributed by atoms with E-state index < -0.39 is 0 Å². The lowest BCUT2D eigenvalue weighted by Gasteiger charge is -2.06. The highest BCUT2D eigenvalue weighted by atomic mass is 32.2. The fourth-order valence-electron chi connectivity index (χ4n) is 2.55. The Morgan fingerprint density at radius 3 is 2.58 bits per heavy atom. The predicted molar refractivity (Wildman–Crippen MR) is 105 cm³/mol. The molecule has 2 N–H and O–H groups in total. The summed E-state index contributed by atoms with van der Waals surface area (Å²) in [5.74, 6) is 6.22. The van der Waals surface area contributed by atoms with E-state index in [4.69, 9.17) is 5.84 Å². The third-order valence-corrected chi connectivity index (χ3v) is 6.01. The molecule has 0 bridgehead atoms. The van der Waals surface area contributed by atoms with Gasteiger partial charge in [-0.2, -0.15) is 0 Å². The van der Waals surface area contributed by atoms with Crippen molar-refractivity contribution in [2.24, 2.45) is 0 Å². The van der Waals surface area contributed by atoms with Crippen LogP contribution in [0.1, 0.15) is 5.56 Å². The van der Waals surface area contributed by atoms with Crippen LogP contribution in [0.4, 0.5) is 4.39 Å². The van der Waals surface area contributed by atoms with Crippen LogP contribution in [0.25, 0.3) is 20.7 Å². The lowest BCUT2D eigenvalue weighted by atomic mass is 10.2. The second-order valence-electron chi connectivity index (χ2n) is 5.68. The number of aromatic nitrogens is 2. The number of fused-ring (bicyclic) bond motifs is 1. The summed E-state index contributed by atoms with van der Waals surface area (Å²) in [6.45, 7) is 0. The van der Waals surface area contributed by atoms with Gasteiger partial charge in [-0.3, -0.25) is 4.79 Å². The van der Waals surface area contributed by atoms with E-state index >= 15 is 0 Å². The Hall–Kier alpha value is -2.64. The van der Waals surface area contributed by atoms with Crippen LogP contribution in [0.3, 0.4) is 0 Å². The molecule has 2 aromatic carbocycles. The van der Waals surface area contributed by atoms with Crippen LogP contribution in [-0.2, 0) is 5.75 Å². The monoisotopic (exact) mass is 383 g/mol. The zero-order valence-corrected chi connectivity index (χ0v) is 15.2. The van der Waals surface area contributed by atoms with Gasteiger partial charge in [-0.05, 0) is 29.3 Å². The molecule has 4 aromatic rings. The molecule has 4 nitrogen and oxygen atoms in total. The van der Waals surface area contributed by atoms with E-state index in [0.29, 0.717) is 21.1 Å². The maximum absolute atomic E-state index is 13.0. The van der Waals surface area contributed by atoms with E-state index in [9.17, 15) is 9.18 Å². The van der Waals surface area contributed by atoms with Gasteiger partial charge < -0.3 is 5.84 Å². The summed E-state index contributed by atoms with van der Waals surface area (Å²) >= 11 is 2.82. The Morgan fingerprint density at radius 1 is 1.12 bits per heavy atom. The highest BCUT2D eigenvalue weighted by Gasteiger charge is 2.14. The van der Waals surface area contributed by atoms with Gasteiger partial charge in [0, 0.05) is 10.6 Å². The quantitative estimate of drug-likeness (QED) is 0.325. The molecule has 0 aliphatic rings. The lowest BCUT2D eigenvalue weighted by Crippen LogP contribution is -2.29. The average molecular weight is 383 g/mol. The molecule has 0 aliphatic carbocycles. The van der Waals surface area contributed by atoms with Gasteiger partial charge in [0.1, 0.15) is 10.6 Å². The normalized spacial score (nSPS) is 11.1. The van der Waals surface area contributed by atoms with Crippen molar-refractivity contribution in [2.45, 2.75) is 10.9 Å². The van der Waals surface area contributed by atoms with Crippen LogP contribution in [0, 0.1) is 5.82 Å². The Bertz CT molecular complexity index is 1120. The van der Waals surface area contributed by atoms with Gasteiger partial charge in [0.15, 0.2) is 5.16 Å². The van der Waals surface area contributed by atoms with Gasteiger partial charge in [-0.15, -0.1) is 11.3 Å². The lowest BCUT2D eigenvalue weighted by molar-refractivity contribution is 0.627. The SMILES string of the molecule is Nn1c(SCc2ccc(F)cc2)nc2sc(-c3ccccc3)cc2c1=O. The van der Waals surface area contributed by atoms with Crippen LogP contribution in [-0.4, -0.2) is 9.66 Å². The second-order valence-corrected chi connectivity index (χ2v) is 7.65. The Kier molecular flexibility index (Phi) is 4.48. The van der Waals surface area contributed by atoms with Crippen molar-refractivity contribution in [2.75, 3.05) is 5.84 Å². The number of thioether (sulfide) groups is 1. The van der Waals surface area contributed by atoms with Gasteiger partial charge in [0.2, 0.25) is 0 Å². The van der Waals surface area contributed by atoms with Crippen molar-refractivity contribution in [3.05, 3.63) is 82.4 Å². The highest BCUT2D eigenvalue weighted by Crippen LogP contribution is 2.32. The molecule has 0 saturated carbocycles. The zero-order chi connectivity index (χ0) is 18.1. The maximum Gasteiger partial charge on any atom is 0.281 e. The maximum atomic E-state index is 13.0. The van der Waals surface area contributed by atoms with Gasteiger partial charge in [0.25, 0.3) is 5.56 Å². The minimum atomic E-state index is -0.277. The standard InChI is InChI=1S/C19H14FN3OS2/c20-14-8-6-12(7-9-14)11-25-19-22-17-15(18(24)23(19)21)10-16(26-17)13-4-2-1-3-5-13/h1-10H,11,21H2. The minimum Gasteiger partial charge on any atom is -0.334 e. The van der Waals surface area contributed by atoms with Gasteiger partial charge in [0.05, 0.1) is 5.39 Å². The molecule has 2 heterocycles. The summed E-state index contributed by atoms with van der Waals surface area (Å²) in [6, 6.07) is 17.9. The summed E-state index contributed by atoms with van der Waals surface area (Å²) < 4.78 is 14.1. The number of hydrogen-bond donors (Lipinski definition) is 1. The molecule has 0 radical (unpaired) electrons. The first kappa shape index (κ1) is 16.8. The van der Waals surface area contributed by atoms with Crippen molar-refractivity contribution in [3.8, 4) is 10.4 Å². The van der Waals surface area contributed by atoms with E-state index in [1.54, 1.807) is 12.1 Å². The van der Waals surface area contributed by atoms with E-state index in [-0.39, 0.29) is 11.4 Å². The van der Waals surface area contributed by atoms with Crippen molar-refractivity contribution in [3.63, 3.8) is 0 Å². The van der Waals surface area contributed by atoms with Gasteiger partial charge in [-0.25, -0.2) is 14.1 Å². The molecule has 0 atom stereocenters. The molecule has 0 aliphatic heterocycles. The molecule has 0 spiro atoms. The molecule has 0 saturated heterocycles. The fraction of sp³-hybridized carbons (Fsp3) is 0.0526. The zero-order valence-electron chi connectivity index (χ0n) is 13.6. The van der Waals surface area contributed by atoms with E-state index in [1.807, 2.05) is 36.4 Å². The first-order valence-electron chi connectivity index (χ1n) is 7.86. The first-order chi connectivity index (χ1) is 12.6. The van der Waals surface area contributed by atoms with E-state index in [2.05, 4.69) is 4.98 Å². The summed E-state index contributed by atoms with van der Waals surface area (Å²) in [6.07, 6.45) is 0. The van der Waals surface area contributed by atoms with Gasteiger partial charge >= 0.3 is 0 Å². The van der Waals surface area contributed by atoms with Crippen LogP contribution in [0.5, 0.6) is 0 Å². The number of rotatable bonds is 4. The highest BCUT2D eigenvalue weighted by molar-refractivity contribution is 7.98. The molecule has 0 amide bonds. The molecule has 0 fully saturated rings. The molecular weight excluding hydrogens is 369 g/mol. The third kappa shape index (κ3) is 3.23. The van der Waals surface area contributed by atoms with Crippen molar-refractivity contribution in [1.82, 2.24) is 9.66 Å². The number of nitrogens with two attached hydrogens (primary N) is 1. The predicted octanol–water partition coefficient (Wildman–Crippen LogP) is 4.27. The summed E-state index contributed by atoms with van der Waals surface area (Å²) in [5, 5.41) is 0.954. The smallest absolute Gasteiger partial charge is 0.281 e. The number of thiophene rings is 1. The summed E-state index contributed by atoms with van der Waals surface area (Å²) in [7, 11) is 0. The number of nitrogens with zero attached hydrogens (tertiary/aromatic N) is 2. The number of benzene rings is 2. The Balaban J connectivity index is 1.68. The second kappa shape index (κ2) is 6.93. The Morgan fingerprint density at radius 2 is 1.85 bits per heavy atom. The van der Waals surface area contributed by atoms with Crippen LogP contribution >= 0.6 is 23.1 Å². The molecular formula is C19H14FN3OS2. The topological polar surface area (TPSA) is 60.9 Å². The van der Waals surface area contributed by atoms with E-state index in [1.165, 1.54) is 35.2 Å². The first-order valence-corrected chi connectivity index (χ1v) is 9.66. The molecule has 26 heavy (non-hydrogen) atoms. The number of hydrogen-bond acceptors (Lipinski definition) is 5. The van der Waals surface area contributed by atoms with Crippen LogP contribution in [0.15, 0.2) is 70.6 Å². The molecule has 7 heteroatoms. The fourth-order valence-corrected chi connectivity index (χ4v) is 4.50. The summed E-state index contributed by atoms with van der Waals surface area (Å²) in [4.78, 5) is 18.8. The van der Waals surface area contributed by atoms with Gasteiger partial charge in [-0.1, -0.05) is 54.2 Å². The van der Waals surface area contributed by atoms with E-state index in [0.717, 1.165) is 20.7 Å². The molecule has 2 aromatic heterocycles. The molecule has 130 valence electrons. The number of nitrogen functional groups attached to an aromatic ring is 1. The van der Waals surface area contributed by atoms with Crippen molar-refractivity contribution < 1.29 is 4.39 Å². The summed E-state index contributed by atoms with van der Waals surface area (Å²) in [5.41, 5.74) is 1.70. The largest absolute Gasteiger partial charge is 0.334 e. The molecule has 4 rings (SSSR count). The van der Waals surface area contributed by atoms with Crippen molar-refractivity contribution in [1.29, 1.82) is 0 Å².